The zero-order chi connectivity index (χ0) is 13.3. The lowest BCUT2D eigenvalue weighted by Crippen LogP contribution is -2.04. The number of nitrogen functional groups attached to an aromatic ring is 1. The van der Waals surface area contributed by atoms with Gasteiger partial charge in [-0.2, -0.15) is 0 Å². The molecule has 0 spiro atoms. The van der Waals surface area contributed by atoms with Crippen LogP contribution in [0.5, 0.6) is 0 Å². The molecule has 0 saturated carbocycles. The van der Waals surface area contributed by atoms with Gasteiger partial charge < -0.3 is 10.3 Å². The van der Waals surface area contributed by atoms with Crippen molar-refractivity contribution in [3.05, 3.63) is 36.2 Å². The number of rotatable bonds is 3. The predicted octanol–water partition coefficient (Wildman–Crippen LogP) is 3.84. The quantitative estimate of drug-likeness (QED) is 0.890. The van der Waals surface area contributed by atoms with Crippen molar-refractivity contribution < 1.29 is 0 Å². The summed E-state index contributed by atoms with van der Waals surface area (Å²) in [4.78, 5) is 4.42. The molecule has 0 atom stereocenters. The molecular weight excluding hydrogens is 222 g/mol. The van der Waals surface area contributed by atoms with Crippen LogP contribution in [0.25, 0.3) is 11.3 Å². The zero-order valence-electron chi connectivity index (χ0n) is 11.5. The van der Waals surface area contributed by atoms with Crippen molar-refractivity contribution in [1.29, 1.82) is 0 Å². The third-order valence-electron chi connectivity index (χ3n) is 3.24. The van der Waals surface area contributed by atoms with Gasteiger partial charge in [0.25, 0.3) is 0 Å². The predicted molar refractivity (Wildman–Crippen MR) is 76.5 cm³/mol. The summed E-state index contributed by atoms with van der Waals surface area (Å²) in [6.45, 7) is 8.58. The summed E-state index contributed by atoms with van der Waals surface area (Å²) >= 11 is 0. The van der Waals surface area contributed by atoms with Gasteiger partial charge in [0.05, 0.1) is 6.33 Å². The van der Waals surface area contributed by atoms with Crippen molar-refractivity contribution in [3.63, 3.8) is 0 Å². The molecule has 0 aliphatic heterocycles. The lowest BCUT2D eigenvalue weighted by atomic mass is 10.0. The van der Waals surface area contributed by atoms with Gasteiger partial charge in [-0.25, -0.2) is 4.98 Å². The highest BCUT2D eigenvalue weighted by Gasteiger charge is 2.11. The summed E-state index contributed by atoms with van der Waals surface area (Å²) in [5.74, 6) is 1.28. The maximum atomic E-state index is 6.13. The summed E-state index contributed by atoms with van der Waals surface area (Å²) in [6.07, 6.45) is 1.81. The molecule has 1 heterocycles. The molecule has 3 heteroatoms. The van der Waals surface area contributed by atoms with Crippen LogP contribution in [0, 0.1) is 0 Å². The number of hydrogen-bond donors (Lipinski definition) is 1. The largest absolute Gasteiger partial charge is 0.383 e. The molecule has 0 unspecified atom stereocenters. The van der Waals surface area contributed by atoms with Crippen LogP contribution in [0.1, 0.15) is 45.2 Å². The van der Waals surface area contributed by atoms with Gasteiger partial charge in [-0.15, -0.1) is 0 Å². The van der Waals surface area contributed by atoms with E-state index in [0.717, 1.165) is 17.1 Å². The third kappa shape index (κ3) is 2.26. The first-order valence-electron chi connectivity index (χ1n) is 6.43. The summed E-state index contributed by atoms with van der Waals surface area (Å²) < 4.78 is 1.99. The van der Waals surface area contributed by atoms with Crippen LogP contribution in [0.3, 0.4) is 0 Å². The van der Waals surface area contributed by atoms with Gasteiger partial charge in [0, 0.05) is 11.6 Å². The zero-order valence-corrected chi connectivity index (χ0v) is 11.5. The van der Waals surface area contributed by atoms with E-state index in [2.05, 4.69) is 56.9 Å². The van der Waals surface area contributed by atoms with Crippen molar-refractivity contribution in [3.8, 4) is 11.3 Å². The molecule has 0 radical (unpaired) electrons. The molecule has 96 valence electrons. The molecule has 18 heavy (non-hydrogen) atoms. The Hall–Kier alpha value is -1.77. The molecule has 2 rings (SSSR count). The molecule has 0 amide bonds. The van der Waals surface area contributed by atoms with Gasteiger partial charge in [-0.1, -0.05) is 38.1 Å². The number of hydrogen-bond acceptors (Lipinski definition) is 2. The lowest BCUT2D eigenvalue weighted by Gasteiger charge is -2.09. The van der Waals surface area contributed by atoms with Crippen LogP contribution in [0.15, 0.2) is 30.6 Å². The molecule has 1 aromatic carbocycles. The SMILES string of the molecule is CC(C)c1ccc(-c2ncn(C(C)C)c2N)cc1. The van der Waals surface area contributed by atoms with Gasteiger partial charge >= 0.3 is 0 Å². The van der Waals surface area contributed by atoms with E-state index in [1.54, 1.807) is 0 Å². The highest BCUT2D eigenvalue weighted by molar-refractivity contribution is 5.70. The van der Waals surface area contributed by atoms with E-state index in [1.165, 1.54) is 5.56 Å². The third-order valence-corrected chi connectivity index (χ3v) is 3.24. The van der Waals surface area contributed by atoms with Crippen LogP contribution in [-0.2, 0) is 0 Å². The molecular formula is C15H21N3. The molecule has 0 fully saturated rings. The fourth-order valence-electron chi connectivity index (χ4n) is 2.03. The van der Waals surface area contributed by atoms with E-state index in [4.69, 9.17) is 5.73 Å². The molecule has 2 N–H and O–H groups in total. The number of nitrogens with two attached hydrogens (primary N) is 1. The fourth-order valence-corrected chi connectivity index (χ4v) is 2.03. The minimum absolute atomic E-state index is 0.334. The van der Waals surface area contributed by atoms with Crippen molar-refractivity contribution in [2.24, 2.45) is 0 Å². The number of imidazole rings is 1. The molecule has 0 saturated heterocycles. The minimum atomic E-state index is 0.334. The van der Waals surface area contributed by atoms with E-state index < -0.39 is 0 Å². The summed E-state index contributed by atoms with van der Waals surface area (Å²) in [7, 11) is 0. The Labute approximate surface area is 109 Å². The van der Waals surface area contributed by atoms with E-state index in [-0.39, 0.29) is 0 Å². The summed E-state index contributed by atoms with van der Waals surface area (Å²) in [5, 5.41) is 0. The van der Waals surface area contributed by atoms with Crippen molar-refractivity contribution in [1.82, 2.24) is 9.55 Å². The number of benzene rings is 1. The van der Waals surface area contributed by atoms with Crippen LogP contribution in [0.2, 0.25) is 0 Å². The topological polar surface area (TPSA) is 43.8 Å². The number of aromatic nitrogens is 2. The highest BCUT2D eigenvalue weighted by atomic mass is 15.1. The normalized spacial score (nSPS) is 11.4. The van der Waals surface area contributed by atoms with Gasteiger partial charge in [-0.05, 0) is 25.3 Å². The van der Waals surface area contributed by atoms with E-state index in [1.807, 2.05) is 10.9 Å². The molecule has 0 aliphatic rings. The Kier molecular flexibility index (Phi) is 3.41. The minimum Gasteiger partial charge on any atom is -0.383 e. The average molecular weight is 243 g/mol. The van der Waals surface area contributed by atoms with E-state index in [0.29, 0.717) is 12.0 Å². The Morgan fingerprint density at radius 3 is 2.11 bits per heavy atom. The number of anilines is 1. The molecule has 0 bridgehead atoms. The maximum absolute atomic E-state index is 6.13. The van der Waals surface area contributed by atoms with Crippen LogP contribution in [-0.4, -0.2) is 9.55 Å². The second-order valence-corrected chi connectivity index (χ2v) is 5.26. The van der Waals surface area contributed by atoms with Gasteiger partial charge in [0.2, 0.25) is 0 Å². The van der Waals surface area contributed by atoms with Crippen LogP contribution >= 0.6 is 0 Å². The van der Waals surface area contributed by atoms with Gasteiger partial charge in [-0.3, -0.25) is 0 Å². The molecule has 0 aliphatic carbocycles. The first-order valence-corrected chi connectivity index (χ1v) is 6.43. The summed E-state index contributed by atoms with van der Waals surface area (Å²) in [5.41, 5.74) is 9.42. The van der Waals surface area contributed by atoms with Crippen molar-refractivity contribution in [2.45, 2.75) is 39.7 Å². The standard InChI is InChI=1S/C15H21N3/c1-10(2)12-5-7-13(8-6-12)14-15(16)18(9-17-14)11(3)4/h5-11H,16H2,1-4H3. The van der Waals surface area contributed by atoms with E-state index >= 15 is 0 Å². The molecule has 2 aromatic rings. The smallest absolute Gasteiger partial charge is 0.131 e. The van der Waals surface area contributed by atoms with Crippen LogP contribution in [0.4, 0.5) is 5.82 Å². The average Bonchev–Trinajstić information content (AvgIpc) is 2.71. The second-order valence-electron chi connectivity index (χ2n) is 5.26. The van der Waals surface area contributed by atoms with Gasteiger partial charge in [0.1, 0.15) is 11.5 Å². The monoisotopic (exact) mass is 243 g/mol. The molecule has 3 nitrogen and oxygen atoms in total. The molecule has 1 aromatic heterocycles. The highest BCUT2D eigenvalue weighted by Crippen LogP contribution is 2.27. The Morgan fingerprint density at radius 1 is 1.06 bits per heavy atom. The second kappa shape index (κ2) is 4.84. The number of nitrogens with zero attached hydrogens (tertiary/aromatic N) is 2. The summed E-state index contributed by atoms with van der Waals surface area (Å²) in [6, 6.07) is 8.82. The maximum Gasteiger partial charge on any atom is 0.131 e. The first-order chi connectivity index (χ1) is 8.50. The Morgan fingerprint density at radius 2 is 1.67 bits per heavy atom. The Bertz CT molecular complexity index is 521. The van der Waals surface area contributed by atoms with Crippen molar-refractivity contribution in [2.75, 3.05) is 5.73 Å². The fraction of sp³-hybridized carbons (Fsp3) is 0.400. The van der Waals surface area contributed by atoms with Crippen LogP contribution < -0.4 is 5.73 Å². The van der Waals surface area contributed by atoms with Gasteiger partial charge in [0.15, 0.2) is 0 Å². The first kappa shape index (κ1) is 12.7. The lowest BCUT2D eigenvalue weighted by molar-refractivity contribution is 0.607. The van der Waals surface area contributed by atoms with E-state index in [9.17, 15) is 0 Å². The Balaban J connectivity index is 2.37. The van der Waals surface area contributed by atoms with Crippen molar-refractivity contribution >= 4 is 5.82 Å².